The summed E-state index contributed by atoms with van der Waals surface area (Å²) in [6.07, 6.45) is 8.88. The maximum absolute atomic E-state index is 5.79. The number of fused-ring (bicyclic) bond motifs is 1. The fraction of sp³-hybridized carbons (Fsp3) is 0.692. The van der Waals surface area contributed by atoms with E-state index in [0.29, 0.717) is 6.10 Å². The molecule has 0 bridgehead atoms. The third-order valence-electron chi connectivity index (χ3n) is 3.69. The van der Waals surface area contributed by atoms with Gasteiger partial charge in [0.15, 0.2) is 0 Å². The fourth-order valence-electron chi connectivity index (χ4n) is 2.70. The highest BCUT2D eigenvalue weighted by atomic mass is 16.5. The molecule has 1 atom stereocenters. The lowest BCUT2D eigenvalue weighted by Crippen LogP contribution is -2.39. The highest BCUT2D eigenvalue weighted by Crippen LogP contribution is 2.19. The lowest BCUT2D eigenvalue weighted by Gasteiger charge is -2.32. The first-order chi connectivity index (χ1) is 8.42. The first-order valence-electron chi connectivity index (χ1n) is 6.53. The van der Waals surface area contributed by atoms with Gasteiger partial charge >= 0.3 is 0 Å². The normalized spacial score (nSPS) is 25.5. The summed E-state index contributed by atoms with van der Waals surface area (Å²) in [6.45, 7) is 4.07. The van der Waals surface area contributed by atoms with Crippen molar-refractivity contribution in [3.05, 3.63) is 23.8 Å². The molecule has 0 aliphatic carbocycles. The minimum atomic E-state index is 0.437. The molecule has 0 aromatic carbocycles. The van der Waals surface area contributed by atoms with Crippen LogP contribution in [0.4, 0.5) is 0 Å². The van der Waals surface area contributed by atoms with Gasteiger partial charge in [0.2, 0.25) is 0 Å². The van der Waals surface area contributed by atoms with E-state index in [4.69, 9.17) is 4.74 Å². The Labute approximate surface area is 102 Å². The van der Waals surface area contributed by atoms with E-state index in [9.17, 15) is 0 Å². The standard InChI is InChI=1S/C13H19N3O/c1-2-6-17-12(3-1)8-16-5-4-11-7-14-10-15-13(11)9-16/h7,10,12H,1-6,8-9H2/t12-/m1/s1. The average Bonchev–Trinajstić information content (AvgIpc) is 2.40. The van der Waals surface area contributed by atoms with Crippen molar-refractivity contribution in [1.29, 1.82) is 0 Å². The molecule has 1 aromatic heterocycles. The molecule has 3 heterocycles. The fourth-order valence-corrected chi connectivity index (χ4v) is 2.70. The molecule has 3 rings (SSSR count). The highest BCUT2D eigenvalue weighted by Gasteiger charge is 2.22. The summed E-state index contributed by atoms with van der Waals surface area (Å²) in [6, 6.07) is 0. The van der Waals surface area contributed by atoms with E-state index < -0.39 is 0 Å². The van der Waals surface area contributed by atoms with Gasteiger partial charge in [-0.3, -0.25) is 4.90 Å². The van der Waals surface area contributed by atoms with Crippen LogP contribution in [-0.4, -0.2) is 40.7 Å². The third-order valence-corrected chi connectivity index (χ3v) is 3.69. The monoisotopic (exact) mass is 233 g/mol. The zero-order valence-electron chi connectivity index (χ0n) is 10.1. The van der Waals surface area contributed by atoms with Crippen LogP contribution in [0, 0.1) is 0 Å². The minimum Gasteiger partial charge on any atom is -0.377 e. The Morgan fingerprint density at radius 3 is 3.29 bits per heavy atom. The van der Waals surface area contributed by atoms with Gasteiger partial charge in [0.05, 0.1) is 11.8 Å². The largest absolute Gasteiger partial charge is 0.377 e. The molecule has 4 heteroatoms. The molecule has 0 spiro atoms. The first kappa shape index (κ1) is 11.1. The van der Waals surface area contributed by atoms with E-state index in [1.807, 2.05) is 6.20 Å². The molecule has 1 fully saturated rings. The molecule has 1 aromatic rings. The number of nitrogens with zero attached hydrogens (tertiary/aromatic N) is 3. The van der Waals surface area contributed by atoms with Crippen LogP contribution in [0.2, 0.25) is 0 Å². The van der Waals surface area contributed by atoms with E-state index in [0.717, 1.165) is 32.7 Å². The van der Waals surface area contributed by atoms with Crippen molar-refractivity contribution < 1.29 is 4.74 Å². The maximum atomic E-state index is 5.79. The van der Waals surface area contributed by atoms with Crippen LogP contribution < -0.4 is 0 Å². The molecule has 0 amide bonds. The second-order valence-corrected chi connectivity index (χ2v) is 4.97. The van der Waals surface area contributed by atoms with Crippen LogP contribution in [0.3, 0.4) is 0 Å². The van der Waals surface area contributed by atoms with Gasteiger partial charge in [-0.15, -0.1) is 0 Å². The summed E-state index contributed by atoms with van der Waals surface area (Å²) in [4.78, 5) is 10.9. The molecule has 2 aliphatic heterocycles. The molecule has 0 radical (unpaired) electrons. The molecule has 4 nitrogen and oxygen atoms in total. The van der Waals surface area contributed by atoms with Crippen molar-refractivity contribution in [3.8, 4) is 0 Å². The molecular formula is C13H19N3O. The Kier molecular flexibility index (Phi) is 3.34. The van der Waals surface area contributed by atoms with Gasteiger partial charge in [0.1, 0.15) is 6.33 Å². The van der Waals surface area contributed by atoms with Crippen LogP contribution in [0.25, 0.3) is 0 Å². The Morgan fingerprint density at radius 2 is 2.41 bits per heavy atom. The van der Waals surface area contributed by atoms with E-state index in [1.54, 1.807) is 6.33 Å². The van der Waals surface area contributed by atoms with Crippen molar-refractivity contribution in [2.75, 3.05) is 19.7 Å². The average molecular weight is 233 g/mol. The topological polar surface area (TPSA) is 38.2 Å². The van der Waals surface area contributed by atoms with Crippen LogP contribution in [-0.2, 0) is 17.7 Å². The summed E-state index contributed by atoms with van der Waals surface area (Å²) in [5.41, 5.74) is 2.51. The van der Waals surface area contributed by atoms with Crippen LogP contribution in [0.5, 0.6) is 0 Å². The number of ether oxygens (including phenoxy) is 1. The predicted octanol–water partition coefficient (Wildman–Crippen LogP) is 1.40. The lowest BCUT2D eigenvalue weighted by atomic mass is 10.0. The summed E-state index contributed by atoms with van der Waals surface area (Å²) >= 11 is 0. The molecule has 0 unspecified atom stereocenters. The third kappa shape index (κ3) is 2.64. The van der Waals surface area contributed by atoms with Gasteiger partial charge in [-0.25, -0.2) is 9.97 Å². The van der Waals surface area contributed by atoms with E-state index in [-0.39, 0.29) is 0 Å². The van der Waals surface area contributed by atoms with Gasteiger partial charge in [0, 0.05) is 32.4 Å². The van der Waals surface area contributed by atoms with Crippen molar-refractivity contribution >= 4 is 0 Å². The van der Waals surface area contributed by atoms with Crippen molar-refractivity contribution in [1.82, 2.24) is 14.9 Å². The number of hydrogen-bond donors (Lipinski definition) is 0. The van der Waals surface area contributed by atoms with Gasteiger partial charge in [0.25, 0.3) is 0 Å². The number of aromatic nitrogens is 2. The Hall–Kier alpha value is -1.00. The van der Waals surface area contributed by atoms with E-state index in [2.05, 4.69) is 14.9 Å². The Balaban J connectivity index is 1.60. The summed E-state index contributed by atoms with van der Waals surface area (Å²) in [5, 5.41) is 0. The summed E-state index contributed by atoms with van der Waals surface area (Å²) < 4.78 is 5.79. The lowest BCUT2D eigenvalue weighted by molar-refractivity contribution is -0.00828. The van der Waals surface area contributed by atoms with Gasteiger partial charge < -0.3 is 4.74 Å². The molecule has 92 valence electrons. The number of rotatable bonds is 2. The highest BCUT2D eigenvalue weighted by molar-refractivity contribution is 5.18. The predicted molar refractivity (Wildman–Crippen MR) is 64.6 cm³/mol. The summed E-state index contributed by atoms with van der Waals surface area (Å²) in [5.74, 6) is 0. The van der Waals surface area contributed by atoms with Crippen molar-refractivity contribution in [3.63, 3.8) is 0 Å². The van der Waals surface area contributed by atoms with Crippen LogP contribution in [0.15, 0.2) is 12.5 Å². The second kappa shape index (κ2) is 5.10. The SMILES string of the molecule is c1ncc2c(n1)CN(C[C@H]1CCCCO1)CC2. The maximum Gasteiger partial charge on any atom is 0.115 e. The molecule has 0 N–H and O–H groups in total. The van der Waals surface area contributed by atoms with Crippen molar-refractivity contribution in [2.24, 2.45) is 0 Å². The van der Waals surface area contributed by atoms with Gasteiger partial charge in [-0.1, -0.05) is 0 Å². The second-order valence-electron chi connectivity index (χ2n) is 4.97. The van der Waals surface area contributed by atoms with Crippen LogP contribution >= 0.6 is 0 Å². The van der Waals surface area contributed by atoms with E-state index in [1.165, 1.54) is 30.5 Å². The molecular weight excluding hydrogens is 214 g/mol. The first-order valence-corrected chi connectivity index (χ1v) is 6.53. The molecule has 1 saturated heterocycles. The number of hydrogen-bond acceptors (Lipinski definition) is 4. The van der Waals surface area contributed by atoms with Crippen molar-refractivity contribution in [2.45, 2.75) is 38.3 Å². The molecule has 2 aliphatic rings. The summed E-state index contributed by atoms with van der Waals surface area (Å²) in [7, 11) is 0. The Bertz CT molecular complexity index is 377. The van der Waals surface area contributed by atoms with Crippen LogP contribution in [0.1, 0.15) is 30.5 Å². The smallest absolute Gasteiger partial charge is 0.115 e. The zero-order valence-corrected chi connectivity index (χ0v) is 10.1. The minimum absolute atomic E-state index is 0.437. The quantitative estimate of drug-likeness (QED) is 0.774. The van der Waals surface area contributed by atoms with E-state index >= 15 is 0 Å². The molecule has 0 saturated carbocycles. The van der Waals surface area contributed by atoms with Gasteiger partial charge in [-0.2, -0.15) is 0 Å². The van der Waals surface area contributed by atoms with Gasteiger partial charge in [-0.05, 0) is 31.2 Å². The zero-order chi connectivity index (χ0) is 11.5. The molecule has 17 heavy (non-hydrogen) atoms. The Morgan fingerprint density at radius 1 is 1.41 bits per heavy atom.